The zero-order chi connectivity index (χ0) is 55.5. The monoisotopic (exact) mass is 1080 g/mol. The van der Waals surface area contributed by atoms with Gasteiger partial charge in [0.1, 0.15) is 12.7 Å². The highest BCUT2D eigenvalue weighted by Gasteiger charge is 2.28. The van der Waals surface area contributed by atoms with Crippen LogP contribution in [0.4, 0.5) is 0 Å². The highest BCUT2D eigenvalue weighted by Crippen LogP contribution is 2.43. The first kappa shape index (κ1) is 72.4. The summed E-state index contributed by atoms with van der Waals surface area (Å²) in [5, 5.41) is 9.82. The summed E-state index contributed by atoms with van der Waals surface area (Å²) in [4.78, 5) is 48.6. The number of carbonyl (C=O) groups excluding carboxylic acids is 3. The number of esters is 3. The number of aliphatic hydroxyl groups is 1. The summed E-state index contributed by atoms with van der Waals surface area (Å²) in [6.07, 6.45) is 67.8. The van der Waals surface area contributed by atoms with Crippen molar-refractivity contribution in [2.75, 3.05) is 26.4 Å². The van der Waals surface area contributed by atoms with E-state index in [0.717, 1.165) is 135 Å². The molecule has 0 saturated carbocycles. The van der Waals surface area contributed by atoms with E-state index >= 15 is 0 Å². The second-order valence-corrected chi connectivity index (χ2v) is 21.2. The molecule has 2 N–H and O–H groups in total. The van der Waals surface area contributed by atoms with Gasteiger partial charge < -0.3 is 24.2 Å². The summed E-state index contributed by atoms with van der Waals surface area (Å²) in [6, 6.07) is 0. The van der Waals surface area contributed by atoms with Crippen LogP contribution in [0, 0.1) is 0 Å². The molecule has 0 aliphatic carbocycles. The second-order valence-electron chi connectivity index (χ2n) is 19.8. The predicted molar refractivity (Wildman–Crippen MR) is 316 cm³/mol. The minimum absolute atomic E-state index is 0.142. The third kappa shape index (κ3) is 55.2. The topological polar surface area (TPSA) is 155 Å². The SMILES string of the molecule is CC/C=C\C/C=C\C/C=C\C/C=C\CCCCCCCCC(=O)OC(COC(=O)CCCCCC/C=C\C/C=C\C/C=C\C/C=C\CC)COP(=O)(O)OCC(CO)OC(=O)CCCCCCCCCCCCCCC. The normalized spacial score (nSPS) is 14.0. The predicted octanol–water partition coefficient (Wildman–Crippen LogP) is 18.0. The Morgan fingerprint density at radius 3 is 1.05 bits per heavy atom. The van der Waals surface area contributed by atoms with Crippen molar-refractivity contribution < 1.29 is 52.2 Å². The molecule has 0 aliphatic rings. The molecule has 12 heteroatoms. The lowest BCUT2D eigenvalue weighted by Crippen LogP contribution is -2.30. The van der Waals surface area contributed by atoms with E-state index in [9.17, 15) is 28.9 Å². The number of rotatable bonds is 55. The number of hydrogen-bond acceptors (Lipinski definition) is 10. The number of allylic oxidation sites excluding steroid dienone is 16. The molecule has 11 nitrogen and oxygen atoms in total. The number of phosphoric acid groups is 1. The van der Waals surface area contributed by atoms with Gasteiger partial charge in [-0.3, -0.25) is 23.4 Å². The number of carbonyl (C=O) groups is 3. The molecule has 0 fully saturated rings. The minimum Gasteiger partial charge on any atom is -0.462 e. The van der Waals surface area contributed by atoms with Crippen LogP contribution in [0.3, 0.4) is 0 Å². The lowest BCUT2D eigenvalue weighted by atomic mass is 10.0. The minimum atomic E-state index is -4.76. The van der Waals surface area contributed by atoms with Crippen LogP contribution >= 0.6 is 7.82 Å². The summed E-state index contributed by atoms with van der Waals surface area (Å²) < 4.78 is 39.6. The zero-order valence-corrected chi connectivity index (χ0v) is 49.1. The van der Waals surface area contributed by atoms with Gasteiger partial charge in [0.15, 0.2) is 6.10 Å². The van der Waals surface area contributed by atoms with Gasteiger partial charge in [-0.25, -0.2) is 4.57 Å². The lowest BCUT2D eigenvalue weighted by molar-refractivity contribution is -0.161. The van der Waals surface area contributed by atoms with E-state index in [1.54, 1.807) is 0 Å². The molecular formula is C64H109O11P. The van der Waals surface area contributed by atoms with Crippen molar-refractivity contribution in [3.8, 4) is 0 Å². The Morgan fingerprint density at radius 1 is 0.382 bits per heavy atom. The first-order valence-corrected chi connectivity index (χ1v) is 31.6. The van der Waals surface area contributed by atoms with Crippen LogP contribution in [-0.2, 0) is 42.2 Å². The fraction of sp³-hybridized carbons (Fsp3) is 0.703. The maximum atomic E-state index is 12.9. The molecule has 3 atom stereocenters. The second kappa shape index (κ2) is 57.6. The molecule has 0 spiro atoms. The maximum absolute atomic E-state index is 12.9. The molecule has 3 unspecified atom stereocenters. The molecule has 0 saturated heterocycles. The van der Waals surface area contributed by atoms with E-state index in [2.05, 4.69) is 118 Å². The molecule has 0 rings (SSSR count). The van der Waals surface area contributed by atoms with E-state index in [-0.39, 0.29) is 25.9 Å². The molecule has 0 aromatic carbocycles. The summed E-state index contributed by atoms with van der Waals surface area (Å²) >= 11 is 0. The molecule has 436 valence electrons. The molecule has 0 heterocycles. The van der Waals surface area contributed by atoms with Gasteiger partial charge in [-0.15, -0.1) is 0 Å². The van der Waals surface area contributed by atoms with E-state index in [1.165, 1.54) is 57.8 Å². The average Bonchev–Trinajstić information content (AvgIpc) is 3.41. The van der Waals surface area contributed by atoms with Gasteiger partial charge in [-0.2, -0.15) is 0 Å². The maximum Gasteiger partial charge on any atom is 0.472 e. The van der Waals surface area contributed by atoms with Gasteiger partial charge in [-0.1, -0.05) is 234 Å². The molecule has 76 heavy (non-hydrogen) atoms. The standard InChI is InChI=1S/C64H109O11P/c1-4-7-10-13-16-19-22-25-27-29-30-32-34-37-40-43-46-49-52-55-64(68)75-61(57-71-62(66)53-50-47-44-41-38-36-33-31-28-26-23-20-17-14-11-8-5-2)59-73-76(69,70)72-58-60(56-65)74-63(67)54-51-48-45-42-39-35-24-21-18-15-12-9-6-3/h7-8,10-11,16-17,19-20,25-28,30,32-33,36,60-61,65H,4-6,9,12-15,18,21-24,29,31,34-35,37-59H2,1-3H3,(H,69,70)/b10-7-,11-8-,19-16-,20-17-,27-25-,28-26-,32-30-,36-33-. The van der Waals surface area contributed by atoms with E-state index in [4.69, 9.17) is 23.3 Å². The van der Waals surface area contributed by atoms with Crippen LogP contribution in [-0.4, -0.2) is 66.5 Å². The molecule has 0 radical (unpaired) electrons. The highest BCUT2D eigenvalue weighted by molar-refractivity contribution is 7.47. The van der Waals surface area contributed by atoms with Crippen LogP contribution in [0.15, 0.2) is 97.2 Å². The molecular weight excluding hydrogens is 976 g/mol. The van der Waals surface area contributed by atoms with E-state index < -0.39 is 57.8 Å². The molecule has 0 amide bonds. The first-order valence-electron chi connectivity index (χ1n) is 30.1. The van der Waals surface area contributed by atoms with E-state index in [0.29, 0.717) is 19.3 Å². The Hall–Kier alpha value is -3.60. The van der Waals surface area contributed by atoms with Gasteiger partial charge >= 0.3 is 25.7 Å². The van der Waals surface area contributed by atoms with Gasteiger partial charge in [0, 0.05) is 19.3 Å². The van der Waals surface area contributed by atoms with Gasteiger partial charge in [0.25, 0.3) is 0 Å². The van der Waals surface area contributed by atoms with Gasteiger partial charge in [0.2, 0.25) is 0 Å². The van der Waals surface area contributed by atoms with Crippen molar-refractivity contribution in [3.63, 3.8) is 0 Å². The van der Waals surface area contributed by atoms with Crippen LogP contribution in [0.5, 0.6) is 0 Å². The smallest absolute Gasteiger partial charge is 0.462 e. The quantitative estimate of drug-likeness (QED) is 0.0197. The van der Waals surface area contributed by atoms with Crippen LogP contribution in [0.2, 0.25) is 0 Å². The van der Waals surface area contributed by atoms with E-state index in [1.807, 2.05) is 0 Å². The molecule has 0 bridgehead atoms. The number of ether oxygens (including phenoxy) is 3. The van der Waals surface area contributed by atoms with Crippen molar-refractivity contribution in [2.45, 2.75) is 264 Å². The number of hydrogen-bond donors (Lipinski definition) is 2. The van der Waals surface area contributed by atoms with Gasteiger partial charge in [0.05, 0.1) is 19.8 Å². The Balaban J connectivity index is 4.79. The van der Waals surface area contributed by atoms with Crippen LogP contribution < -0.4 is 0 Å². The zero-order valence-electron chi connectivity index (χ0n) is 48.2. The number of phosphoric ester groups is 1. The van der Waals surface area contributed by atoms with Gasteiger partial charge in [-0.05, 0) is 96.3 Å². The Kier molecular flexibility index (Phi) is 54.8. The third-order valence-electron chi connectivity index (χ3n) is 12.5. The third-order valence-corrected chi connectivity index (χ3v) is 13.5. The molecule has 0 aliphatic heterocycles. The lowest BCUT2D eigenvalue weighted by Gasteiger charge is -2.21. The Bertz CT molecular complexity index is 1640. The van der Waals surface area contributed by atoms with Crippen molar-refractivity contribution in [2.24, 2.45) is 0 Å². The highest BCUT2D eigenvalue weighted by atomic mass is 31.2. The summed E-state index contributed by atoms with van der Waals surface area (Å²) in [5.41, 5.74) is 0. The Morgan fingerprint density at radius 2 is 0.684 bits per heavy atom. The number of aliphatic hydroxyl groups excluding tert-OH is 1. The fourth-order valence-corrected chi connectivity index (χ4v) is 8.77. The first-order chi connectivity index (χ1) is 37.2. The summed E-state index contributed by atoms with van der Waals surface area (Å²) in [5.74, 6) is -1.51. The van der Waals surface area contributed by atoms with Crippen molar-refractivity contribution >= 4 is 25.7 Å². The largest absolute Gasteiger partial charge is 0.472 e. The average molecular weight is 1090 g/mol. The summed E-state index contributed by atoms with van der Waals surface area (Å²) in [7, 11) is -4.76. The molecule has 0 aromatic rings. The van der Waals surface area contributed by atoms with Crippen molar-refractivity contribution in [1.82, 2.24) is 0 Å². The van der Waals surface area contributed by atoms with Crippen molar-refractivity contribution in [1.29, 1.82) is 0 Å². The van der Waals surface area contributed by atoms with Crippen LogP contribution in [0.25, 0.3) is 0 Å². The number of unbranched alkanes of at least 4 members (excludes halogenated alkanes) is 22. The Labute approximate surface area is 463 Å². The fourth-order valence-electron chi connectivity index (χ4n) is 7.99. The van der Waals surface area contributed by atoms with Crippen molar-refractivity contribution in [3.05, 3.63) is 97.2 Å². The summed E-state index contributed by atoms with van der Waals surface area (Å²) in [6.45, 7) is 4.39. The van der Waals surface area contributed by atoms with Crippen LogP contribution in [0.1, 0.15) is 252 Å². The molecule has 0 aromatic heterocycles.